The third-order valence-corrected chi connectivity index (χ3v) is 5.61. The van der Waals surface area contributed by atoms with Gasteiger partial charge in [-0.3, -0.25) is 9.56 Å². The highest BCUT2D eigenvalue weighted by atomic mass is 32.2. The number of benzene rings is 2. The van der Waals surface area contributed by atoms with E-state index in [-0.39, 0.29) is 35.3 Å². The Morgan fingerprint density at radius 2 is 1.84 bits per heavy atom. The summed E-state index contributed by atoms with van der Waals surface area (Å²) in [6.07, 6.45) is 3.89. The molecule has 0 spiro atoms. The lowest BCUT2D eigenvalue weighted by Crippen LogP contribution is -2.05. The van der Waals surface area contributed by atoms with E-state index in [1.54, 1.807) is 24.5 Å². The molecule has 4 rings (SSSR count). The van der Waals surface area contributed by atoms with Gasteiger partial charge in [-0.15, -0.1) is 0 Å². The minimum atomic E-state index is -2.27. The number of para-hydroxylation sites is 1. The third-order valence-electron chi connectivity index (χ3n) is 4.70. The molecule has 0 amide bonds. The van der Waals surface area contributed by atoms with Crippen LogP contribution in [0.15, 0.2) is 42.6 Å². The first kappa shape index (κ1) is 21.9. The Kier molecular flexibility index (Phi) is 6.22. The van der Waals surface area contributed by atoms with Gasteiger partial charge in [0.15, 0.2) is 17.4 Å². The predicted molar refractivity (Wildman–Crippen MR) is 120 cm³/mol. The fraction of sp³-hybridized carbons (Fsp3) is 0.273. The molecule has 0 unspecified atom stereocenters. The SMILES string of the molecule is CS(=N)(=N)Cc1cc2cc(c1)OCCCCOc1c(F)cccc1-c1nc(ncc1F)N2. The highest BCUT2D eigenvalue weighted by Crippen LogP contribution is 2.34. The van der Waals surface area contributed by atoms with Crippen molar-refractivity contribution < 1.29 is 18.3 Å². The van der Waals surface area contributed by atoms with E-state index in [0.717, 1.165) is 11.8 Å². The van der Waals surface area contributed by atoms with Gasteiger partial charge in [-0.05, 0) is 42.7 Å². The molecule has 7 nitrogen and oxygen atoms in total. The minimum absolute atomic E-state index is 0.0529. The van der Waals surface area contributed by atoms with Gasteiger partial charge >= 0.3 is 0 Å². The zero-order chi connectivity index (χ0) is 22.7. The summed E-state index contributed by atoms with van der Waals surface area (Å²) < 4.78 is 56.6. The first-order valence-electron chi connectivity index (χ1n) is 10.0. The van der Waals surface area contributed by atoms with E-state index in [4.69, 9.17) is 19.0 Å². The minimum Gasteiger partial charge on any atom is -0.494 e. The Morgan fingerprint density at radius 1 is 1.06 bits per heavy atom. The van der Waals surface area contributed by atoms with E-state index < -0.39 is 21.3 Å². The molecule has 3 aromatic rings. The van der Waals surface area contributed by atoms with Crippen LogP contribution in [0.5, 0.6) is 11.5 Å². The standard InChI is InChI=1S/C22H23F2N5O2S/c1-32(25,26)13-14-9-15-11-16(10-14)30-7-2-3-8-31-21-17(5-4-6-18(21)23)20-19(24)12-27-22(28-15)29-20/h4-6,9-12,25-26H,2-3,7-8,13H2,1H3,(H,27,28,29). The molecule has 2 heterocycles. The van der Waals surface area contributed by atoms with Gasteiger partial charge in [0.1, 0.15) is 11.4 Å². The number of hydrogen-bond donors (Lipinski definition) is 3. The zero-order valence-corrected chi connectivity index (χ0v) is 18.3. The number of anilines is 2. The Bertz CT molecular complexity index is 1250. The summed E-state index contributed by atoms with van der Waals surface area (Å²) in [5, 5.41) is 3.04. The van der Waals surface area contributed by atoms with Crippen molar-refractivity contribution in [1.82, 2.24) is 9.97 Å². The van der Waals surface area contributed by atoms with Crippen molar-refractivity contribution in [3.63, 3.8) is 0 Å². The average Bonchev–Trinajstić information content (AvgIpc) is 2.71. The van der Waals surface area contributed by atoms with Crippen molar-refractivity contribution in [3.8, 4) is 22.8 Å². The van der Waals surface area contributed by atoms with Crippen LogP contribution in [-0.4, -0.2) is 29.4 Å². The first-order chi connectivity index (χ1) is 15.3. The fourth-order valence-corrected chi connectivity index (χ4v) is 4.22. The van der Waals surface area contributed by atoms with Crippen molar-refractivity contribution in [2.24, 2.45) is 0 Å². The number of rotatable bonds is 2. The Hall–Kier alpha value is -3.27. The van der Waals surface area contributed by atoms with Crippen LogP contribution in [-0.2, 0) is 15.4 Å². The second kappa shape index (κ2) is 9.07. The molecular weight excluding hydrogens is 436 g/mol. The second-order valence-corrected chi connectivity index (χ2v) is 10.1. The van der Waals surface area contributed by atoms with Crippen LogP contribution in [0, 0.1) is 21.2 Å². The fourth-order valence-electron chi connectivity index (χ4n) is 3.39. The molecule has 168 valence electrons. The molecule has 0 fully saturated rings. The molecule has 1 aromatic heterocycles. The number of nitrogens with zero attached hydrogens (tertiary/aromatic N) is 2. The Labute approximate surface area is 185 Å². The molecule has 0 radical (unpaired) electrons. The molecule has 32 heavy (non-hydrogen) atoms. The number of hydrogen-bond acceptors (Lipinski definition) is 7. The van der Waals surface area contributed by atoms with Crippen LogP contribution in [0.4, 0.5) is 20.4 Å². The summed E-state index contributed by atoms with van der Waals surface area (Å²) in [5.74, 6) is -0.376. The molecule has 0 saturated carbocycles. The molecule has 0 saturated heterocycles. The van der Waals surface area contributed by atoms with E-state index in [0.29, 0.717) is 30.9 Å². The van der Waals surface area contributed by atoms with E-state index in [2.05, 4.69) is 15.3 Å². The molecule has 0 aliphatic carbocycles. The van der Waals surface area contributed by atoms with Gasteiger partial charge in [0.25, 0.3) is 0 Å². The largest absolute Gasteiger partial charge is 0.494 e. The first-order valence-corrected chi connectivity index (χ1v) is 12.2. The van der Waals surface area contributed by atoms with Gasteiger partial charge in [0, 0.05) is 29.3 Å². The maximum Gasteiger partial charge on any atom is 0.227 e. The molecule has 1 aliphatic heterocycles. The van der Waals surface area contributed by atoms with Crippen LogP contribution in [0.25, 0.3) is 11.3 Å². The number of fused-ring (bicyclic) bond motifs is 6. The smallest absolute Gasteiger partial charge is 0.227 e. The summed E-state index contributed by atoms with van der Waals surface area (Å²) in [6, 6.07) is 9.67. The lowest BCUT2D eigenvalue weighted by Gasteiger charge is -2.14. The van der Waals surface area contributed by atoms with Crippen molar-refractivity contribution >= 4 is 21.3 Å². The van der Waals surface area contributed by atoms with Crippen LogP contribution >= 0.6 is 0 Å². The van der Waals surface area contributed by atoms with Crippen LogP contribution < -0.4 is 14.8 Å². The number of halogens is 2. The lowest BCUT2D eigenvalue weighted by atomic mass is 10.1. The molecule has 0 atom stereocenters. The van der Waals surface area contributed by atoms with Gasteiger partial charge in [-0.2, -0.15) is 0 Å². The van der Waals surface area contributed by atoms with E-state index in [1.165, 1.54) is 12.1 Å². The van der Waals surface area contributed by atoms with E-state index in [9.17, 15) is 8.78 Å². The summed E-state index contributed by atoms with van der Waals surface area (Å²) >= 11 is 0. The maximum atomic E-state index is 14.6. The van der Waals surface area contributed by atoms with Crippen LogP contribution in [0.3, 0.4) is 0 Å². The van der Waals surface area contributed by atoms with E-state index >= 15 is 0 Å². The Balaban J connectivity index is 1.80. The topological polar surface area (TPSA) is 104 Å². The van der Waals surface area contributed by atoms with Gasteiger partial charge in [0.2, 0.25) is 5.95 Å². The van der Waals surface area contributed by atoms with Gasteiger partial charge in [-0.25, -0.2) is 18.7 Å². The highest BCUT2D eigenvalue weighted by molar-refractivity contribution is 7.91. The second-order valence-electron chi connectivity index (χ2n) is 7.63. The number of nitrogens with one attached hydrogen (secondary N) is 3. The van der Waals surface area contributed by atoms with E-state index in [1.807, 2.05) is 6.07 Å². The van der Waals surface area contributed by atoms with Gasteiger partial charge < -0.3 is 14.8 Å². The Morgan fingerprint density at radius 3 is 2.62 bits per heavy atom. The molecule has 10 heteroatoms. The van der Waals surface area contributed by atoms with Crippen LogP contribution in [0.2, 0.25) is 0 Å². The summed E-state index contributed by atoms with van der Waals surface area (Å²) in [7, 11) is -2.27. The monoisotopic (exact) mass is 459 g/mol. The van der Waals surface area contributed by atoms with Crippen molar-refractivity contribution in [1.29, 1.82) is 9.56 Å². The molecule has 1 aliphatic rings. The molecule has 4 bridgehead atoms. The quantitative estimate of drug-likeness (QED) is 0.468. The maximum absolute atomic E-state index is 14.6. The van der Waals surface area contributed by atoms with Crippen LogP contribution in [0.1, 0.15) is 18.4 Å². The summed E-state index contributed by atoms with van der Waals surface area (Å²) in [4.78, 5) is 8.28. The van der Waals surface area contributed by atoms with Crippen molar-refractivity contribution in [2.45, 2.75) is 18.6 Å². The average molecular weight is 460 g/mol. The van der Waals surface area contributed by atoms with Crippen molar-refractivity contribution in [3.05, 3.63) is 59.8 Å². The summed E-state index contributed by atoms with van der Waals surface area (Å²) in [6.45, 7) is 0.654. The summed E-state index contributed by atoms with van der Waals surface area (Å²) in [5.41, 5.74) is 1.49. The molecular formula is C22H23F2N5O2S. The highest BCUT2D eigenvalue weighted by Gasteiger charge is 2.18. The lowest BCUT2D eigenvalue weighted by molar-refractivity contribution is 0.260. The third kappa shape index (κ3) is 5.31. The number of ether oxygens (including phenoxy) is 2. The van der Waals surface area contributed by atoms with Gasteiger partial charge in [0.05, 0.1) is 19.4 Å². The van der Waals surface area contributed by atoms with Gasteiger partial charge in [-0.1, -0.05) is 15.7 Å². The molecule has 3 N–H and O–H groups in total. The predicted octanol–water partition coefficient (Wildman–Crippen LogP) is 5.53. The van der Waals surface area contributed by atoms with Crippen molar-refractivity contribution in [2.75, 3.05) is 24.8 Å². The normalized spacial score (nSPS) is 14.1. The zero-order valence-electron chi connectivity index (χ0n) is 17.5. The number of aromatic nitrogens is 2. The molecule has 2 aromatic carbocycles.